The fraction of sp³-hybridized carbons (Fsp3) is 0.682. The maximum Gasteiger partial charge on any atom is 0.302 e. The maximum absolute atomic E-state index is 11.2. The summed E-state index contributed by atoms with van der Waals surface area (Å²) in [7, 11) is 0. The van der Waals surface area contributed by atoms with Crippen LogP contribution in [0.5, 0.6) is 0 Å². The van der Waals surface area contributed by atoms with Crippen molar-refractivity contribution in [2.24, 2.45) is 5.92 Å². The van der Waals surface area contributed by atoms with Gasteiger partial charge in [-0.15, -0.1) is 0 Å². The first-order valence-electron chi connectivity index (χ1n) is 9.45. The Morgan fingerprint density at radius 3 is 2.20 bits per heavy atom. The van der Waals surface area contributed by atoms with Gasteiger partial charge in [0, 0.05) is 12.8 Å². The number of hydrogen-bond acceptors (Lipinski definition) is 3. The minimum Gasteiger partial charge on any atom is -0.465 e. The highest BCUT2D eigenvalue weighted by Crippen LogP contribution is 2.39. The molecular formula is C22H36O3. The van der Waals surface area contributed by atoms with E-state index in [4.69, 9.17) is 9.47 Å². The second-order valence-electron chi connectivity index (χ2n) is 7.80. The fourth-order valence-electron chi connectivity index (χ4n) is 2.88. The highest BCUT2D eigenvalue weighted by Gasteiger charge is 2.43. The zero-order valence-corrected chi connectivity index (χ0v) is 17.0. The summed E-state index contributed by atoms with van der Waals surface area (Å²) in [6.45, 7) is 13.5. The van der Waals surface area contributed by atoms with Crippen molar-refractivity contribution in [1.29, 1.82) is 0 Å². The second-order valence-corrected chi connectivity index (χ2v) is 7.80. The number of ether oxygens (including phenoxy) is 2. The van der Waals surface area contributed by atoms with Gasteiger partial charge in [-0.3, -0.25) is 4.79 Å². The summed E-state index contributed by atoms with van der Waals surface area (Å²) < 4.78 is 11.1. The Morgan fingerprint density at radius 2 is 1.68 bits per heavy atom. The Kier molecular flexibility index (Phi) is 9.20. The molecule has 1 heterocycles. The van der Waals surface area contributed by atoms with E-state index >= 15 is 0 Å². The number of allylic oxidation sites excluding steroid dienone is 5. The van der Waals surface area contributed by atoms with Crippen LogP contribution in [0.1, 0.15) is 73.6 Å². The van der Waals surface area contributed by atoms with Gasteiger partial charge in [0.1, 0.15) is 0 Å². The van der Waals surface area contributed by atoms with Gasteiger partial charge in [-0.1, -0.05) is 34.9 Å². The zero-order chi connectivity index (χ0) is 18.9. The van der Waals surface area contributed by atoms with Crippen LogP contribution < -0.4 is 0 Å². The SMILES string of the molecule is CC(=O)OCC(CCC1(CCC=C(C)C)CO1)C(C)=CCC=C(C)C. The molecule has 1 aliphatic heterocycles. The Morgan fingerprint density at radius 1 is 1.04 bits per heavy atom. The molecule has 1 aliphatic rings. The van der Waals surface area contributed by atoms with E-state index in [1.54, 1.807) is 0 Å². The van der Waals surface area contributed by atoms with Gasteiger partial charge in [-0.05, 0) is 66.7 Å². The van der Waals surface area contributed by atoms with Gasteiger partial charge in [0.2, 0.25) is 0 Å². The molecule has 1 saturated heterocycles. The van der Waals surface area contributed by atoms with E-state index in [2.05, 4.69) is 52.8 Å². The third-order valence-corrected chi connectivity index (χ3v) is 4.75. The van der Waals surface area contributed by atoms with Gasteiger partial charge < -0.3 is 9.47 Å². The van der Waals surface area contributed by atoms with Gasteiger partial charge in [0.15, 0.2) is 0 Å². The van der Waals surface area contributed by atoms with Gasteiger partial charge in [-0.25, -0.2) is 0 Å². The predicted molar refractivity (Wildman–Crippen MR) is 105 cm³/mol. The van der Waals surface area contributed by atoms with Crippen molar-refractivity contribution in [3.05, 3.63) is 34.9 Å². The number of epoxide rings is 1. The third-order valence-electron chi connectivity index (χ3n) is 4.75. The Hall–Kier alpha value is -1.35. The molecule has 25 heavy (non-hydrogen) atoms. The summed E-state index contributed by atoms with van der Waals surface area (Å²) in [5.74, 6) is 0.0713. The summed E-state index contributed by atoms with van der Waals surface area (Å²) in [5.41, 5.74) is 4.05. The monoisotopic (exact) mass is 348 g/mol. The minimum atomic E-state index is -0.206. The summed E-state index contributed by atoms with van der Waals surface area (Å²) in [5, 5.41) is 0. The molecule has 0 radical (unpaired) electrons. The fourth-order valence-corrected chi connectivity index (χ4v) is 2.88. The molecule has 0 amide bonds. The average Bonchev–Trinajstić information content (AvgIpc) is 3.26. The van der Waals surface area contributed by atoms with Crippen LogP contribution in [0.2, 0.25) is 0 Å². The van der Waals surface area contributed by atoms with Crippen LogP contribution in [0.25, 0.3) is 0 Å². The lowest BCUT2D eigenvalue weighted by molar-refractivity contribution is -0.142. The van der Waals surface area contributed by atoms with Crippen LogP contribution in [-0.2, 0) is 14.3 Å². The lowest BCUT2D eigenvalue weighted by atomic mass is 9.89. The standard InChI is InChI=1S/C22H36O3/c1-17(2)9-7-11-19(5)21(15-24-20(6)23)12-14-22(16-25-22)13-8-10-18(3)4/h9-11,21H,7-8,12-16H2,1-6H3. The normalized spacial score (nSPS) is 20.6. The first-order chi connectivity index (χ1) is 11.7. The van der Waals surface area contributed by atoms with Crippen molar-refractivity contribution in [2.75, 3.05) is 13.2 Å². The summed E-state index contributed by atoms with van der Waals surface area (Å²) in [6, 6.07) is 0. The first-order valence-corrected chi connectivity index (χ1v) is 9.45. The molecule has 0 saturated carbocycles. The molecule has 1 rings (SSSR count). The highest BCUT2D eigenvalue weighted by atomic mass is 16.6. The minimum absolute atomic E-state index is 0.0562. The largest absolute Gasteiger partial charge is 0.465 e. The van der Waals surface area contributed by atoms with Crippen molar-refractivity contribution in [3.63, 3.8) is 0 Å². The van der Waals surface area contributed by atoms with E-state index in [0.717, 1.165) is 38.7 Å². The molecule has 0 N–H and O–H groups in total. The molecule has 1 fully saturated rings. The summed E-state index contributed by atoms with van der Waals surface area (Å²) >= 11 is 0. The third kappa shape index (κ3) is 9.64. The zero-order valence-electron chi connectivity index (χ0n) is 17.0. The molecule has 3 nitrogen and oxygen atoms in total. The number of carbonyl (C=O) groups is 1. The molecule has 0 aromatic carbocycles. The average molecular weight is 349 g/mol. The van der Waals surface area contributed by atoms with E-state index in [-0.39, 0.29) is 17.5 Å². The Balaban J connectivity index is 2.59. The quantitative estimate of drug-likeness (QED) is 0.270. The summed E-state index contributed by atoms with van der Waals surface area (Å²) in [4.78, 5) is 11.2. The van der Waals surface area contributed by atoms with Gasteiger partial charge in [0.25, 0.3) is 0 Å². The smallest absolute Gasteiger partial charge is 0.302 e. The molecule has 2 unspecified atom stereocenters. The first kappa shape index (κ1) is 21.7. The van der Waals surface area contributed by atoms with Crippen molar-refractivity contribution < 1.29 is 14.3 Å². The maximum atomic E-state index is 11.2. The highest BCUT2D eigenvalue weighted by molar-refractivity contribution is 5.65. The topological polar surface area (TPSA) is 38.8 Å². The number of esters is 1. The lowest BCUT2D eigenvalue weighted by Gasteiger charge is -2.20. The van der Waals surface area contributed by atoms with Crippen molar-refractivity contribution in [1.82, 2.24) is 0 Å². The van der Waals surface area contributed by atoms with Crippen LogP contribution in [0, 0.1) is 5.92 Å². The molecule has 0 spiro atoms. The number of carbonyl (C=O) groups excluding carboxylic acids is 1. The van der Waals surface area contributed by atoms with Gasteiger partial charge >= 0.3 is 5.97 Å². The molecule has 142 valence electrons. The molecule has 0 aliphatic carbocycles. The predicted octanol–water partition coefficient (Wildman–Crippen LogP) is 5.76. The Bertz CT molecular complexity index is 513. The lowest BCUT2D eigenvalue weighted by Crippen LogP contribution is -2.18. The molecule has 2 atom stereocenters. The molecule has 0 aromatic rings. The van der Waals surface area contributed by atoms with Crippen LogP contribution in [0.4, 0.5) is 0 Å². The molecule has 0 bridgehead atoms. The number of hydrogen-bond donors (Lipinski definition) is 0. The van der Waals surface area contributed by atoms with E-state index in [1.165, 1.54) is 23.6 Å². The van der Waals surface area contributed by atoms with Gasteiger partial charge in [0.05, 0.1) is 18.8 Å². The Labute approximate surface area is 154 Å². The molecule has 3 heteroatoms. The van der Waals surface area contributed by atoms with Crippen LogP contribution in [0.15, 0.2) is 34.9 Å². The van der Waals surface area contributed by atoms with E-state index in [0.29, 0.717) is 6.61 Å². The molecule has 0 aromatic heterocycles. The van der Waals surface area contributed by atoms with E-state index < -0.39 is 0 Å². The van der Waals surface area contributed by atoms with Crippen molar-refractivity contribution in [3.8, 4) is 0 Å². The summed E-state index contributed by atoms with van der Waals surface area (Å²) in [6.07, 6.45) is 11.9. The van der Waals surface area contributed by atoms with E-state index in [9.17, 15) is 4.79 Å². The van der Waals surface area contributed by atoms with Gasteiger partial charge in [-0.2, -0.15) is 0 Å². The van der Waals surface area contributed by atoms with Crippen LogP contribution >= 0.6 is 0 Å². The van der Waals surface area contributed by atoms with Crippen LogP contribution in [0.3, 0.4) is 0 Å². The van der Waals surface area contributed by atoms with Crippen molar-refractivity contribution in [2.45, 2.75) is 79.2 Å². The second kappa shape index (κ2) is 10.6. The van der Waals surface area contributed by atoms with E-state index in [1.807, 2.05) is 0 Å². The van der Waals surface area contributed by atoms with Crippen molar-refractivity contribution >= 4 is 5.97 Å². The number of rotatable bonds is 11. The molecular weight excluding hydrogens is 312 g/mol. The van der Waals surface area contributed by atoms with Crippen LogP contribution in [-0.4, -0.2) is 24.8 Å².